The van der Waals surface area contributed by atoms with Gasteiger partial charge in [-0.15, -0.1) is 0 Å². The molecule has 1 fully saturated rings. The van der Waals surface area contributed by atoms with E-state index in [-0.39, 0.29) is 18.0 Å². The van der Waals surface area contributed by atoms with Gasteiger partial charge in [0.25, 0.3) is 0 Å². The van der Waals surface area contributed by atoms with Gasteiger partial charge in [-0.2, -0.15) is 0 Å². The summed E-state index contributed by atoms with van der Waals surface area (Å²) >= 11 is 5.95. The van der Waals surface area contributed by atoms with Crippen LogP contribution in [0.1, 0.15) is 55.5 Å². The van der Waals surface area contributed by atoms with E-state index in [2.05, 4.69) is 64.3 Å². The van der Waals surface area contributed by atoms with Crippen molar-refractivity contribution in [2.75, 3.05) is 17.3 Å². The quantitative estimate of drug-likeness (QED) is 0.260. The fourth-order valence-corrected chi connectivity index (χ4v) is 5.60. The number of carbonyl (C=O) groups is 1. The maximum atomic E-state index is 12.7. The Labute approximate surface area is 241 Å². The summed E-state index contributed by atoms with van der Waals surface area (Å²) < 4.78 is 8.00. The Morgan fingerprint density at radius 1 is 1.00 bits per heavy atom. The van der Waals surface area contributed by atoms with Gasteiger partial charge in [0, 0.05) is 40.4 Å². The molecule has 8 heteroatoms. The van der Waals surface area contributed by atoms with Crippen molar-refractivity contribution in [1.82, 2.24) is 14.9 Å². The van der Waals surface area contributed by atoms with E-state index in [1.807, 2.05) is 69.4 Å². The fourth-order valence-electron chi connectivity index (χ4n) is 5.25. The second-order valence-electron chi connectivity index (χ2n) is 11.1. The lowest BCUT2D eigenvalue weighted by Crippen LogP contribution is -2.30. The van der Waals surface area contributed by atoms with E-state index >= 15 is 0 Å². The van der Waals surface area contributed by atoms with Crippen molar-refractivity contribution in [1.29, 1.82) is 0 Å². The average Bonchev–Trinajstić information content (AvgIpc) is 3.44. The normalized spacial score (nSPS) is 17.1. The zero-order chi connectivity index (χ0) is 28.6. The Balaban J connectivity index is 1.62. The molecular weight excluding hydrogens is 518 g/mol. The molecule has 206 valence electrons. The minimum Gasteiger partial charge on any atom is -0.494 e. The highest BCUT2D eigenvalue weighted by molar-refractivity contribution is 7.80. The van der Waals surface area contributed by atoms with Crippen molar-refractivity contribution in [3.8, 4) is 11.4 Å². The number of anilines is 2. The largest absolute Gasteiger partial charge is 0.494 e. The molecule has 2 aromatic heterocycles. The number of thiocarbonyl (C=S) groups is 1. The van der Waals surface area contributed by atoms with E-state index in [1.165, 1.54) is 0 Å². The van der Waals surface area contributed by atoms with Gasteiger partial charge < -0.3 is 24.8 Å². The topological polar surface area (TPSA) is 71.4 Å². The van der Waals surface area contributed by atoms with Crippen molar-refractivity contribution in [3.63, 3.8) is 0 Å². The summed E-state index contributed by atoms with van der Waals surface area (Å²) in [6, 6.07) is 24.0. The number of aromatic nitrogens is 2. The van der Waals surface area contributed by atoms with Gasteiger partial charge in [-0.25, -0.2) is 0 Å². The van der Waals surface area contributed by atoms with E-state index < -0.39 is 5.41 Å². The predicted molar refractivity (Wildman–Crippen MR) is 164 cm³/mol. The molecule has 1 aliphatic heterocycles. The van der Waals surface area contributed by atoms with E-state index in [4.69, 9.17) is 21.9 Å². The molecule has 5 rings (SSSR count). The van der Waals surface area contributed by atoms with Crippen molar-refractivity contribution in [2.45, 2.75) is 46.7 Å². The second kappa shape index (κ2) is 10.8. The summed E-state index contributed by atoms with van der Waals surface area (Å²) in [5, 5.41) is 7.14. The number of hydrogen-bond donors (Lipinski definition) is 2. The van der Waals surface area contributed by atoms with Crippen LogP contribution in [0.15, 0.2) is 79.0 Å². The van der Waals surface area contributed by atoms with Gasteiger partial charge in [-0.3, -0.25) is 9.78 Å². The molecule has 2 N–H and O–H groups in total. The highest BCUT2D eigenvalue weighted by Crippen LogP contribution is 2.45. The molecule has 2 atom stereocenters. The third-order valence-corrected chi connectivity index (χ3v) is 7.61. The summed E-state index contributed by atoms with van der Waals surface area (Å²) in [4.78, 5) is 19.5. The number of ether oxygens (including phenoxy) is 1. The number of rotatable bonds is 6. The smallest absolute Gasteiger partial charge is 0.229 e. The van der Waals surface area contributed by atoms with Crippen molar-refractivity contribution in [2.24, 2.45) is 5.41 Å². The number of pyridine rings is 1. The number of benzene rings is 2. The molecule has 0 bridgehead atoms. The van der Waals surface area contributed by atoms with Crippen LogP contribution in [0.25, 0.3) is 5.69 Å². The summed E-state index contributed by atoms with van der Waals surface area (Å²) in [5.41, 5.74) is 6.36. The molecule has 0 unspecified atom stereocenters. The number of nitrogens with zero attached hydrogens (tertiary/aromatic N) is 3. The molecule has 40 heavy (non-hydrogen) atoms. The van der Waals surface area contributed by atoms with Crippen LogP contribution in [0, 0.1) is 19.3 Å². The van der Waals surface area contributed by atoms with Gasteiger partial charge in [-0.05, 0) is 74.1 Å². The number of para-hydroxylation sites is 1. The Kier molecular flexibility index (Phi) is 7.38. The third-order valence-electron chi connectivity index (χ3n) is 7.29. The van der Waals surface area contributed by atoms with E-state index in [9.17, 15) is 4.79 Å². The van der Waals surface area contributed by atoms with Crippen LogP contribution in [0.4, 0.5) is 11.4 Å². The molecule has 0 aliphatic carbocycles. The van der Waals surface area contributed by atoms with Crippen LogP contribution in [0.2, 0.25) is 0 Å². The first-order chi connectivity index (χ1) is 19.1. The minimum atomic E-state index is -0.535. The third kappa shape index (κ3) is 5.07. The zero-order valence-corrected chi connectivity index (χ0v) is 24.5. The van der Waals surface area contributed by atoms with E-state index in [0.29, 0.717) is 16.5 Å². The molecule has 1 aliphatic rings. The number of nitrogens with one attached hydrogen (secondary N) is 2. The van der Waals surface area contributed by atoms with Crippen molar-refractivity contribution < 1.29 is 9.53 Å². The standard InChI is InChI=1S/C32H35N5O2S/c1-20-18-24(21(2)36(20)22-12-8-7-9-13-22)29-28(26-14-10-11-17-33-26)35-31(40)37(29)23-15-16-25(27(19-23)39-6)34-30(38)32(3,4)5/h7-19,28-29H,1-6H3,(H,34,38)(H,35,40)/t28-,29-/m0/s1. The number of aryl methyl sites for hydroxylation is 1. The average molecular weight is 554 g/mol. The zero-order valence-electron chi connectivity index (χ0n) is 23.7. The highest BCUT2D eigenvalue weighted by Gasteiger charge is 2.42. The molecule has 4 aromatic rings. The molecule has 0 saturated carbocycles. The lowest BCUT2D eigenvalue weighted by atomic mass is 9.95. The lowest BCUT2D eigenvalue weighted by molar-refractivity contribution is -0.123. The summed E-state index contributed by atoms with van der Waals surface area (Å²) in [6.07, 6.45) is 1.81. The minimum absolute atomic E-state index is 0.0849. The maximum Gasteiger partial charge on any atom is 0.229 e. The molecule has 0 radical (unpaired) electrons. The van der Waals surface area contributed by atoms with Gasteiger partial charge in [0.1, 0.15) is 5.75 Å². The van der Waals surface area contributed by atoms with Crippen molar-refractivity contribution >= 4 is 34.6 Å². The summed E-state index contributed by atoms with van der Waals surface area (Å²) in [6.45, 7) is 9.92. The van der Waals surface area contributed by atoms with Gasteiger partial charge in [0.05, 0.1) is 30.6 Å². The SMILES string of the molecule is COc1cc(N2C(=S)N[C@@H](c3ccccn3)[C@@H]2c2cc(C)n(-c3ccccc3)c2C)ccc1NC(=O)C(C)(C)C. The van der Waals surface area contributed by atoms with Gasteiger partial charge >= 0.3 is 0 Å². The predicted octanol–water partition coefficient (Wildman–Crippen LogP) is 6.66. The fraction of sp³-hybridized carbons (Fsp3) is 0.281. The first kappa shape index (κ1) is 27.4. The van der Waals surface area contributed by atoms with Crippen LogP contribution in [0.3, 0.4) is 0 Å². The molecule has 1 saturated heterocycles. The van der Waals surface area contributed by atoms with Crippen LogP contribution in [-0.4, -0.2) is 27.7 Å². The molecular formula is C32H35N5O2S. The molecule has 7 nitrogen and oxygen atoms in total. The number of methoxy groups -OCH3 is 1. The molecule has 1 amide bonds. The van der Waals surface area contributed by atoms with Crippen LogP contribution in [-0.2, 0) is 4.79 Å². The van der Waals surface area contributed by atoms with Crippen LogP contribution < -0.4 is 20.3 Å². The van der Waals surface area contributed by atoms with E-state index in [1.54, 1.807) is 7.11 Å². The second-order valence-corrected chi connectivity index (χ2v) is 11.5. The Morgan fingerprint density at radius 2 is 1.73 bits per heavy atom. The van der Waals surface area contributed by atoms with Crippen LogP contribution >= 0.6 is 12.2 Å². The Morgan fingerprint density at radius 3 is 2.38 bits per heavy atom. The monoisotopic (exact) mass is 553 g/mol. The van der Waals surface area contributed by atoms with Crippen molar-refractivity contribution in [3.05, 3.63) is 102 Å². The lowest BCUT2D eigenvalue weighted by Gasteiger charge is -2.29. The van der Waals surface area contributed by atoms with E-state index in [0.717, 1.165) is 34.0 Å². The first-order valence-electron chi connectivity index (χ1n) is 13.3. The molecule has 3 heterocycles. The van der Waals surface area contributed by atoms with Crippen LogP contribution in [0.5, 0.6) is 5.75 Å². The van der Waals surface area contributed by atoms with Gasteiger partial charge in [0.15, 0.2) is 5.11 Å². The van der Waals surface area contributed by atoms with Gasteiger partial charge in [-0.1, -0.05) is 45.0 Å². The number of carbonyl (C=O) groups excluding carboxylic acids is 1. The number of amides is 1. The maximum absolute atomic E-state index is 12.7. The van der Waals surface area contributed by atoms with Gasteiger partial charge in [0.2, 0.25) is 5.91 Å². The first-order valence-corrected chi connectivity index (χ1v) is 13.8. The Hall–Kier alpha value is -4.17. The summed E-state index contributed by atoms with van der Waals surface area (Å²) in [7, 11) is 1.61. The highest BCUT2D eigenvalue weighted by atomic mass is 32.1. The summed E-state index contributed by atoms with van der Waals surface area (Å²) in [5.74, 6) is 0.478. The Bertz CT molecular complexity index is 1540. The number of hydrogen-bond acceptors (Lipinski definition) is 4. The molecule has 0 spiro atoms. The molecule has 2 aromatic carbocycles.